The van der Waals surface area contributed by atoms with Gasteiger partial charge in [0.2, 0.25) is 0 Å². The number of ether oxygens (including phenoxy) is 5. The van der Waals surface area contributed by atoms with Gasteiger partial charge in [-0.3, -0.25) is 0 Å². The van der Waals surface area contributed by atoms with E-state index >= 15 is 0 Å². The fourth-order valence-corrected chi connectivity index (χ4v) is 6.61. The smallest absolute Gasteiger partial charge is 0.432 e. The Bertz CT molecular complexity index is 1480. The number of methoxy groups -OCH3 is 2. The molecule has 1 aliphatic heterocycles. The second-order valence-corrected chi connectivity index (χ2v) is 12.4. The van der Waals surface area contributed by atoms with Gasteiger partial charge in [0.25, 0.3) is 11.2 Å². The quantitative estimate of drug-likeness (QED) is 0.144. The van der Waals surface area contributed by atoms with Crippen LogP contribution in [-0.4, -0.2) is 73.1 Å². The number of halogens is 6. The molecule has 0 radical (unpaired) electrons. The molecular weight excluding hydrogens is 638 g/mol. The van der Waals surface area contributed by atoms with Crippen LogP contribution in [0.1, 0.15) is 45.2 Å². The van der Waals surface area contributed by atoms with E-state index in [1.807, 2.05) is 0 Å². The van der Waals surface area contributed by atoms with E-state index in [1.165, 1.54) is 62.4 Å². The van der Waals surface area contributed by atoms with Crippen LogP contribution in [0.5, 0.6) is 0 Å². The summed E-state index contributed by atoms with van der Waals surface area (Å²) in [6.07, 6.45) is -12.3. The molecule has 2 aliphatic rings. The van der Waals surface area contributed by atoms with Crippen molar-refractivity contribution in [3.8, 4) is 0 Å². The number of hydrogen-bond donors (Lipinski definition) is 1. The second kappa shape index (κ2) is 12.2. The summed E-state index contributed by atoms with van der Waals surface area (Å²) in [4.78, 5) is 26.3. The van der Waals surface area contributed by atoms with Gasteiger partial charge < -0.3 is 28.8 Å². The molecule has 1 saturated carbocycles. The number of epoxide rings is 1. The van der Waals surface area contributed by atoms with Crippen molar-refractivity contribution < 1.29 is 64.7 Å². The van der Waals surface area contributed by atoms with E-state index < -0.39 is 81.5 Å². The van der Waals surface area contributed by atoms with Crippen molar-refractivity contribution in [3.05, 3.63) is 83.9 Å². The molecule has 258 valence electrons. The number of alkyl halides is 6. The lowest BCUT2D eigenvalue weighted by Crippen LogP contribution is -2.59. The highest BCUT2D eigenvalue weighted by atomic mass is 19.4. The number of carbonyl (C=O) groups excluding carboxylic acids is 2. The van der Waals surface area contributed by atoms with Crippen LogP contribution in [-0.2, 0) is 44.5 Å². The number of aliphatic hydroxyl groups is 1. The molecule has 4 rings (SSSR count). The molecule has 1 N–H and O–H groups in total. The van der Waals surface area contributed by atoms with Crippen molar-refractivity contribution in [2.45, 2.75) is 87.2 Å². The highest BCUT2D eigenvalue weighted by Gasteiger charge is 2.80. The van der Waals surface area contributed by atoms with E-state index in [0.29, 0.717) is 0 Å². The lowest BCUT2D eigenvalue weighted by atomic mass is 9.61. The molecule has 14 heteroatoms. The van der Waals surface area contributed by atoms with Crippen molar-refractivity contribution in [2.24, 2.45) is 5.41 Å². The summed E-state index contributed by atoms with van der Waals surface area (Å²) in [5, 5.41) is 11.3. The Morgan fingerprint density at radius 3 is 1.72 bits per heavy atom. The third-order valence-electron chi connectivity index (χ3n) is 9.20. The molecular formula is C33H36F6O8. The fourth-order valence-electron chi connectivity index (χ4n) is 6.61. The van der Waals surface area contributed by atoms with Crippen LogP contribution in [0.25, 0.3) is 0 Å². The highest BCUT2D eigenvalue weighted by Crippen LogP contribution is 2.66. The normalized spacial score (nSPS) is 28.8. The maximum Gasteiger partial charge on any atom is 0.432 e. The zero-order valence-electron chi connectivity index (χ0n) is 26.4. The van der Waals surface area contributed by atoms with Gasteiger partial charge in [0.15, 0.2) is 0 Å². The van der Waals surface area contributed by atoms with Crippen LogP contribution in [0.15, 0.2) is 72.8 Å². The van der Waals surface area contributed by atoms with E-state index in [0.717, 1.165) is 38.5 Å². The van der Waals surface area contributed by atoms with Gasteiger partial charge in [-0.15, -0.1) is 0 Å². The molecule has 8 nitrogen and oxygen atoms in total. The standard InChI is InChI=1S/C33H36F6O8/c1-20(45-25(41)30(43-5,32(34,35)36)21-13-9-7-10-14-21)17-18-29-27(2,3)19-23(24(40)28(29,4)47-29)46-26(42)31(44-6,33(37,38)39)22-15-11-8-12-16-22/h7-18,20,23-24,40H,19H2,1-6H3/b18-17+/t20-,23-,24-,28-,29+,30-,31-/m0/s1. The summed E-state index contributed by atoms with van der Waals surface area (Å²) in [5.74, 6) is -3.50. The molecule has 2 aromatic rings. The Morgan fingerprint density at radius 1 is 0.851 bits per heavy atom. The Labute approximate surface area is 267 Å². The molecule has 1 saturated heterocycles. The van der Waals surface area contributed by atoms with Gasteiger partial charge in [0.05, 0.1) is 0 Å². The summed E-state index contributed by atoms with van der Waals surface area (Å²) in [7, 11) is 1.47. The molecule has 0 unspecified atom stereocenters. The predicted molar refractivity (Wildman–Crippen MR) is 154 cm³/mol. The number of carbonyl (C=O) groups is 2. The second-order valence-electron chi connectivity index (χ2n) is 12.4. The average molecular weight is 675 g/mol. The largest absolute Gasteiger partial charge is 0.457 e. The van der Waals surface area contributed by atoms with E-state index in [4.69, 9.17) is 23.7 Å². The summed E-state index contributed by atoms with van der Waals surface area (Å²) in [5.41, 5.74) is -11.8. The van der Waals surface area contributed by atoms with Gasteiger partial charge in [-0.25, -0.2) is 9.59 Å². The zero-order valence-corrected chi connectivity index (χ0v) is 26.4. The van der Waals surface area contributed by atoms with Gasteiger partial charge in [0.1, 0.15) is 29.5 Å². The molecule has 0 spiro atoms. The van der Waals surface area contributed by atoms with Gasteiger partial charge >= 0.3 is 24.3 Å². The van der Waals surface area contributed by atoms with Crippen LogP contribution in [0.4, 0.5) is 26.3 Å². The molecule has 7 atom stereocenters. The molecule has 0 amide bonds. The van der Waals surface area contributed by atoms with Crippen molar-refractivity contribution in [1.29, 1.82) is 0 Å². The highest BCUT2D eigenvalue weighted by molar-refractivity contribution is 5.83. The molecule has 1 aliphatic carbocycles. The van der Waals surface area contributed by atoms with E-state index in [2.05, 4.69) is 0 Å². The monoisotopic (exact) mass is 674 g/mol. The third-order valence-corrected chi connectivity index (χ3v) is 9.20. The first-order valence-corrected chi connectivity index (χ1v) is 14.6. The molecule has 2 aromatic carbocycles. The van der Waals surface area contributed by atoms with Crippen molar-refractivity contribution in [1.82, 2.24) is 0 Å². The summed E-state index contributed by atoms with van der Waals surface area (Å²) >= 11 is 0. The summed E-state index contributed by atoms with van der Waals surface area (Å²) in [6.45, 7) is 6.09. The van der Waals surface area contributed by atoms with Crippen LogP contribution >= 0.6 is 0 Å². The lowest BCUT2D eigenvalue weighted by molar-refractivity contribution is -0.281. The number of aliphatic hydroxyl groups excluding tert-OH is 1. The maximum atomic E-state index is 14.4. The number of fused-ring (bicyclic) bond motifs is 1. The Kier molecular flexibility index (Phi) is 9.45. The molecule has 1 heterocycles. The van der Waals surface area contributed by atoms with Gasteiger partial charge in [-0.2, -0.15) is 26.3 Å². The number of rotatable bonds is 10. The van der Waals surface area contributed by atoms with Crippen LogP contribution in [0.3, 0.4) is 0 Å². The Morgan fingerprint density at radius 2 is 1.30 bits per heavy atom. The van der Waals surface area contributed by atoms with Crippen molar-refractivity contribution >= 4 is 11.9 Å². The van der Waals surface area contributed by atoms with Crippen LogP contribution in [0, 0.1) is 5.41 Å². The first kappa shape index (κ1) is 36.4. The maximum absolute atomic E-state index is 14.4. The van der Waals surface area contributed by atoms with E-state index in [9.17, 15) is 41.0 Å². The van der Waals surface area contributed by atoms with Crippen molar-refractivity contribution in [3.63, 3.8) is 0 Å². The van der Waals surface area contributed by atoms with Crippen molar-refractivity contribution in [2.75, 3.05) is 14.2 Å². The SMILES string of the molecule is CO[C@](C(=O)O[C@H]1CC(C)(C)[C@@]2(/C=C/[C@H](C)OC(=O)[C@@](OC)(c3ccccc3)C(F)(F)F)O[C@@]2(C)[C@H]1O)(c1ccccc1)C(F)(F)F. The number of hydrogen-bond acceptors (Lipinski definition) is 8. The predicted octanol–water partition coefficient (Wildman–Crippen LogP) is 5.91. The first-order valence-electron chi connectivity index (χ1n) is 14.6. The van der Waals surface area contributed by atoms with Crippen LogP contribution in [0.2, 0.25) is 0 Å². The minimum absolute atomic E-state index is 0.185. The first-order chi connectivity index (χ1) is 21.7. The molecule has 47 heavy (non-hydrogen) atoms. The van der Waals surface area contributed by atoms with Gasteiger partial charge in [0, 0.05) is 30.8 Å². The molecule has 0 bridgehead atoms. The Hall–Kier alpha value is -3.46. The fraction of sp³-hybridized carbons (Fsp3) is 0.515. The number of esters is 2. The van der Waals surface area contributed by atoms with Gasteiger partial charge in [-0.1, -0.05) is 74.5 Å². The molecule has 0 aromatic heterocycles. The zero-order chi connectivity index (χ0) is 35.3. The third kappa shape index (κ3) is 5.62. The minimum atomic E-state index is -5.23. The number of benzene rings is 2. The van der Waals surface area contributed by atoms with E-state index in [-0.39, 0.29) is 6.42 Å². The minimum Gasteiger partial charge on any atom is -0.457 e. The lowest BCUT2D eigenvalue weighted by Gasteiger charge is -2.44. The topological polar surface area (TPSA) is 104 Å². The Balaban J connectivity index is 1.57. The average Bonchev–Trinajstić information content (AvgIpc) is 3.64. The summed E-state index contributed by atoms with van der Waals surface area (Å²) in [6, 6.07) is 12.5. The van der Waals surface area contributed by atoms with E-state index in [1.54, 1.807) is 13.8 Å². The summed E-state index contributed by atoms with van der Waals surface area (Å²) < 4.78 is 112. The molecule has 2 fully saturated rings. The van der Waals surface area contributed by atoms with Gasteiger partial charge in [-0.05, 0) is 32.4 Å². The van der Waals surface area contributed by atoms with Crippen LogP contribution < -0.4 is 0 Å².